The van der Waals surface area contributed by atoms with Crippen LogP contribution < -0.4 is 0 Å². The van der Waals surface area contributed by atoms with Crippen molar-refractivity contribution in [1.82, 2.24) is 0 Å². The lowest BCUT2D eigenvalue weighted by Crippen LogP contribution is -1.90. The van der Waals surface area contributed by atoms with Crippen LogP contribution in [0.3, 0.4) is 0 Å². The summed E-state index contributed by atoms with van der Waals surface area (Å²) in [4.78, 5) is 12.1. The van der Waals surface area contributed by atoms with Crippen LogP contribution in [-0.2, 0) is 9.53 Å². The van der Waals surface area contributed by atoms with Gasteiger partial charge in [0.05, 0.1) is 0 Å². The molecule has 0 aromatic carbocycles. The van der Waals surface area contributed by atoms with Crippen LogP contribution in [-0.4, -0.2) is 25.3 Å². The van der Waals surface area contributed by atoms with Gasteiger partial charge in [0.1, 0.15) is 0 Å². The Kier molecular flexibility index (Phi) is 4.40. The largest absolute Gasteiger partial charge is 0.385 e. The highest BCUT2D eigenvalue weighted by atomic mass is 32.2. The first-order valence-corrected chi connectivity index (χ1v) is 5.16. The van der Waals surface area contributed by atoms with Crippen molar-refractivity contribution in [1.29, 1.82) is 0 Å². The van der Waals surface area contributed by atoms with Gasteiger partial charge in [-0.3, -0.25) is 4.79 Å². The fourth-order valence-corrected chi connectivity index (χ4v) is 2.08. The predicted molar refractivity (Wildman–Crippen MR) is 51.3 cm³/mol. The van der Waals surface area contributed by atoms with Crippen molar-refractivity contribution in [3.63, 3.8) is 0 Å². The minimum absolute atomic E-state index is 0.282. The van der Waals surface area contributed by atoms with Crippen molar-refractivity contribution in [2.24, 2.45) is 0 Å². The smallest absolute Gasteiger partial charge is 0.156 e. The summed E-state index contributed by atoms with van der Waals surface area (Å²) in [6.45, 7) is 0.814. The second kappa shape index (κ2) is 5.38. The fourth-order valence-electron chi connectivity index (χ4n) is 1.09. The molecule has 0 saturated heterocycles. The first kappa shape index (κ1) is 9.81. The summed E-state index contributed by atoms with van der Waals surface area (Å²) in [5.74, 6) is 1.34. The Morgan fingerprint density at radius 1 is 1.58 bits per heavy atom. The second-order valence-corrected chi connectivity index (χ2v) is 3.99. The molecule has 0 saturated carbocycles. The number of carbonyl (C=O) groups is 1. The summed E-state index contributed by atoms with van der Waals surface area (Å²) in [5, 5.41) is 0. The molecule has 0 atom stereocenters. The van der Waals surface area contributed by atoms with Gasteiger partial charge in [0.2, 0.25) is 0 Å². The van der Waals surface area contributed by atoms with Gasteiger partial charge in [0.25, 0.3) is 0 Å². The van der Waals surface area contributed by atoms with Gasteiger partial charge < -0.3 is 4.74 Å². The zero-order valence-electron chi connectivity index (χ0n) is 7.34. The first-order valence-electron chi connectivity index (χ1n) is 4.18. The Balaban J connectivity index is 2.07. The van der Waals surface area contributed by atoms with Gasteiger partial charge in [-0.25, -0.2) is 0 Å². The third kappa shape index (κ3) is 3.41. The van der Waals surface area contributed by atoms with E-state index in [0.29, 0.717) is 6.42 Å². The summed E-state index contributed by atoms with van der Waals surface area (Å²) >= 11 is 1.79. The Morgan fingerprint density at radius 2 is 2.42 bits per heavy atom. The molecule has 0 heterocycles. The predicted octanol–water partition coefficient (Wildman–Crippen LogP) is 2.00. The molecular weight excluding hydrogens is 172 g/mol. The van der Waals surface area contributed by atoms with Crippen LogP contribution in [0.4, 0.5) is 0 Å². The van der Waals surface area contributed by atoms with Gasteiger partial charge in [-0.15, -0.1) is 11.8 Å². The SMILES string of the molecule is COCCCSC1=CC(=O)CC1. The minimum Gasteiger partial charge on any atom is -0.385 e. The average molecular weight is 186 g/mol. The number of allylic oxidation sites excluding steroid dienone is 2. The van der Waals surface area contributed by atoms with Crippen LogP contribution in [0.5, 0.6) is 0 Å². The van der Waals surface area contributed by atoms with Crippen LogP contribution in [0.2, 0.25) is 0 Å². The van der Waals surface area contributed by atoms with E-state index in [1.165, 1.54) is 4.91 Å². The molecule has 0 spiro atoms. The lowest BCUT2D eigenvalue weighted by molar-refractivity contribution is -0.114. The number of carbonyl (C=O) groups excluding carboxylic acids is 1. The van der Waals surface area contributed by atoms with Crippen molar-refractivity contribution in [3.05, 3.63) is 11.0 Å². The number of hydrogen-bond acceptors (Lipinski definition) is 3. The molecule has 0 N–H and O–H groups in total. The van der Waals surface area contributed by atoms with Gasteiger partial charge in [-0.05, 0) is 29.6 Å². The number of hydrogen-bond donors (Lipinski definition) is 0. The highest BCUT2D eigenvalue weighted by molar-refractivity contribution is 8.03. The maximum absolute atomic E-state index is 10.8. The Labute approximate surface area is 77.4 Å². The van der Waals surface area contributed by atoms with E-state index >= 15 is 0 Å². The van der Waals surface area contributed by atoms with Crippen LogP contribution in [0, 0.1) is 0 Å². The van der Waals surface area contributed by atoms with E-state index in [-0.39, 0.29) is 5.78 Å². The van der Waals surface area contributed by atoms with E-state index in [1.54, 1.807) is 24.9 Å². The second-order valence-electron chi connectivity index (χ2n) is 2.77. The van der Waals surface area contributed by atoms with Crippen molar-refractivity contribution >= 4 is 17.5 Å². The molecule has 12 heavy (non-hydrogen) atoms. The van der Waals surface area contributed by atoms with Gasteiger partial charge in [0, 0.05) is 20.1 Å². The maximum atomic E-state index is 10.8. The summed E-state index contributed by atoms with van der Waals surface area (Å²) in [5.41, 5.74) is 0. The molecule has 1 aliphatic carbocycles. The summed E-state index contributed by atoms with van der Waals surface area (Å²) in [6.07, 6.45) is 4.51. The Hall–Kier alpha value is -0.280. The van der Waals surface area contributed by atoms with Crippen LogP contribution in [0.1, 0.15) is 19.3 Å². The summed E-state index contributed by atoms with van der Waals surface area (Å²) < 4.78 is 4.93. The van der Waals surface area contributed by atoms with E-state index in [1.807, 2.05) is 0 Å². The number of ketones is 1. The standard InChI is InChI=1S/C9H14O2S/c1-11-5-2-6-12-9-4-3-8(10)7-9/h7H,2-6H2,1H3. The molecule has 0 aromatic heterocycles. The lowest BCUT2D eigenvalue weighted by atomic mass is 10.3. The fraction of sp³-hybridized carbons (Fsp3) is 0.667. The average Bonchev–Trinajstić information content (AvgIpc) is 2.45. The Bertz CT molecular complexity index is 187. The number of ether oxygens (including phenoxy) is 1. The van der Waals surface area contributed by atoms with Gasteiger partial charge in [-0.1, -0.05) is 0 Å². The molecule has 0 unspecified atom stereocenters. The van der Waals surface area contributed by atoms with Crippen LogP contribution >= 0.6 is 11.8 Å². The number of methoxy groups -OCH3 is 1. The molecule has 0 aromatic rings. The molecule has 1 rings (SSSR count). The molecule has 0 bridgehead atoms. The van der Waals surface area contributed by atoms with Crippen molar-refractivity contribution in [3.8, 4) is 0 Å². The summed E-state index contributed by atoms with van der Waals surface area (Å²) in [7, 11) is 1.71. The van der Waals surface area contributed by atoms with Crippen LogP contribution in [0.25, 0.3) is 0 Å². The van der Waals surface area contributed by atoms with E-state index < -0.39 is 0 Å². The first-order chi connectivity index (χ1) is 5.83. The van der Waals surface area contributed by atoms with Crippen molar-refractivity contribution in [2.45, 2.75) is 19.3 Å². The van der Waals surface area contributed by atoms with E-state index in [2.05, 4.69) is 0 Å². The highest BCUT2D eigenvalue weighted by Gasteiger charge is 2.11. The van der Waals surface area contributed by atoms with E-state index in [9.17, 15) is 4.79 Å². The van der Waals surface area contributed by atoms with E-state index in [4.69, 9.17) is 4.74 Å². The number of thioether (sulfide) groups is 1. The zero-order chi connectivity index (χ0) is 8.81. The molecule has 0 fully saturated rings. The van der Waals surface area contributed by atoms with Crippen molar-refractivity contribution in [2.75, 3.05) is 19.5 Å². The molecule has 0 aliphatic heterocycles. The molecular formula is C9H14O2S. The van der Waals surface area contributed by atoms with Gasteiger partial charge in [-0.2, -0.15) is 0 Å². The normalized spacial score (nSPS) is 16.8. The molecule has 3 heteroatoms. The van der Waals surface area contributed by atoms with E-state index in [0.717, 1.165) is 25.2 Å². The Morgan fingerprint density at radius 3 is 3.00 bits per heavy atom. The topological polar surface area (TPSA) is 26.3 Å². The van der Waals surface area contributed by atoms with Gasteiger partial charge in [0.15, 0.2) is 5.78 Å². The highest BCUT2D eigenvalue weighted by Crippen LogP contribution is 2.26. The molecule has 2 nitrogen and oxygen atoms in total. The molecule has 0 radical (unpaired) electrons. The van der Waals surface area contributed by atoms with Crippen LogP contribution in [0.15, 0.2) is 11.0 Å². The summed E-state index contributed by atoms with van der Waals surface area (Å²) in [6, 6.07) is 0. The quantitative estimate of drug-likeness (QED) is 0.614. The molecule has 0 amide bonds. The van der Waals surface area contributed by atoms with Crippen molar-refractivity contribution < 1.29 is 9.53 Å². The minimum atomic E-state index is 0.282. The zero-order valence-corrected chi connectivity index (χ0v) is 8.15. The maximum Gasteiger partial charge on any atom is 0.156 e. The lowest BCUT2D eigenvalue weighted by Gasteiger charge is -1.99. The third-order valence-corrected chi connectivity index (χ3v) is 2.91. The monoisotopic (exact) mass is 186 g/mol. The van der Waals surface area contributed by atoms with Gasteiger partial charge >= 0.3 is 0 Å². The molecule has 68 valence electrons. The number of rotatable bonds is 5. The third-order valence-electron chi connectivity index (χ3n) is 1.72. The molecule has 1 aliphatic rings.